The SMILES string of the molecule is CC(C)(CNCCCC#N)c1ccc(Br)cc1. The van der Waals surface area contributed by atoms with Crippen LogP contribution in [0.5, 0.6) is 0 Å². The van der Waals surface area contributed by atoms with Gasteiger partial charge in [-0.3, -0.25) is 0 Å². The first-order chi connectivity index (χ1) is 8.06. The Kier molecular flexibility index (Phi) is 5.67. The third-order valence-corrected chi connectivity index (χ3v) is 3.36. The average molecular weight is 295 g/mol. The zero-order valence-electron chi connectivity index (χ0n) is 10.5. The van der Waals surface area contributed by atoms with Gasteiger partial charge in [0.2, 0.25) is 0 Å². The summed E-state index contributed by atoms with van der Waals surface area (Å²) in [7, 11) is 0. The molecule has 3 heteroatoms. The molecule has 92 valence electrons. The smallest absolute Gasteiger partial charge is 0.0622 e. The van der Waals surface area contributed by atoms with Gasteiger partial charge in [-0.05, 0) is 30.7 Å². The summed E-state index contributed by atoms with van der Waals surface area (Å²) in [6.45, 7) is 6.30. The third-order valence-electron chi connectivity index (χ3n) is 2.83. The number of unbranched alkanes of at least 4 members (excludes halogenated alkanes) is 1. The number of rotatable bonds is 6. The molecule has 0 aliphatic heterocycles. The number of nitriles is 1. The highest BCUT2D eigenvalue weighted by Gasteiger charge is 2.19. The molecule has 0 spiro atoms. The predicted octanol–water partition coefficient (Wildman–Crippen LogP) is 3.62. The Hall–Kier alpha value is -0.850. The van der Waals surface area contributed by atoms with E-state index < -0.39 is 0 Å². The van der Waals surface area contributed by atoms with Gasteiger partial charge in [-0.2, -0.15) is 5.26 Å². The van der Waals surface area contributed by atoms with Crippen molar-refractivity contribution in [1.29, 1.82) is 5.26 Å². The number of hydrogen-bond donors (Lipinski definition) is 1. The highest BCUT2D eigenvalue weighted by Crippen LogP contribution is 2.23. The minimum atomic E-state index is 0.118. The van der Waals surface area contributed by atoms with Crippen molar-refractivity contribution in [3.63, 3.8) is 0 Å². The summed E-state index contributed by atoms with van der Waals surface area (Å²) in [6, 6.07) is 10.6. The largest absolute Gasteiger partial charge is 0.316 e. The van der Waals surface area contributed by atoms with E-state index in [2.05, 4.69) is 65.4 Å². The van der Waals surface area contributed by atoms with Crippen LogP contribution in [0.2, 0.25) is 0 Å². The van der Waals surface area contributed by atoms with Crippen molar-refractivity contribution in [2.45, 2.75) is 32.1 Å². The molecule has 1 aromatic rings. The number of nitrogens with one attached hydrogen (secondary N) is 1. The van der Waals surface area contributed by atoms with E-state index in [9.17, 15) is 0 Å². The molecule has 0 heterocycles. The van der Waals surface area contributed by atoms with Gasteiger partial charge in [-0.15, -0.1) is 0 Å². The van der Waals surface area contributed by atoms with Crippen LogP contribution in [-0.4, -0.2) is 13.1 Å². The van der Waals surface area contributed by atoms with E-state index in [0.29, 0.717) is 6.42 Å². The molecule has 0 unspecified atom stereocenters. The molecule has 0 amide bonds. The first-order valence-electron chi connectivity index (χ1n) is 5.90. The average Bonchev–Trinajstić information content (AvgIpc) is 2.29. The van der Waals surface area contributed by atoms with Crippen molar-refractivity contribution >= 4 is 15.9 Å². The molecule has 0 bridgehead atoms. The summed E-state index contributed by atoms with van der Waals surface area (Å²) < 4.78 is 1.11. The van der Waals surface area contributed by atoms with Gasteiger partial charge < -0.3 is 5.32 Å². The minimum absolute atomic E-state index is 0.118. The third kappa shape index (κ3) is 4.89. The molecule has 0 saturated heterocycles. The van der Waals surface area contributed by atoms with Crippen LogP contribution < -0.4 is 5.32 Å². The Morgan fingerprint density at radius 1 is 1.29 bits per heavy atom. The zero-order valence-corrected chi connectivity index (χ0v) is 12.0. The molecule has 17 heavy (non-hydrogen) atoms. The molecule has 0 atom stereocenters. The molecule has 0 aliphatic rings. The Bertz CT molecular complexity index is 376. The van der Waals surface area contributed by atoms with Crippen molar-refractivity contribution in [1.82, 2.24) is 5.32 Å². The summed E-state index contributed by atoms with van der Waals surface area (Å²) in [6.07, 6.45) is 1.55. The summed E-state index contributed by atoms with van der Waals surface area (Å²) >= 11 is 3.45. The van der Waals surface area contributed by atoms with Gasteiger partial charge in [0.1, 0.15) is 0 Å². The number of halogens is 1. The quantitative estimate of drug-likeness (QED) is 0.814. The molecular formula is C14H19BrN2. The van der Waals surface area contributed by atoms with Crippen LogP contribution >= 0.6 is 15.9 Å². The second-order valence-electron chi connectivity index (χ2n) is 4.83. The molecule has 0 fully saturated rings. The van der Waals surface area contributed by atoms with Crippen LogP contribution in [0.15, 0.2) is 28.7 Å². The summed E-state index contributed by atoms with van der Waals surface area (Å²) in [5.41, 5.74) is 1.45. The highest BCUT2D eigenvalue weighted by atomic mass is 79.9. The van der Waals surface area contributed by atoms with E-state index in [1.54, 1.807) is 0 Å². The predicted molar refractivity (Wildman–Crippen MR) is 74.9 cm³/mol. The van der Waals surface area contributed by atoms with Gasteiger partial charge in [0.05, 0.1) is 6.07 Å². The summed E-state index contributed by atoms with van der Waals surface area (Å²) in [4.78, 5) is 0. The number of benzene rings is 1. The van der Waals surface area contributed by atoms with Crippen LogP contribution in [-0.2, 0) is 5.41 Å². The van der Waals surface area contributed by atoms with Gasteiger partial charge >= 0.3 is 0 Å². The van der Waals surface area contributed by atoms with Gasteiger partial charge in [0.15, 0.2) is 0 Å². The first-order valence-corrected chi connectivity index (χ1v) is 6.69. The van der Waals surface area contributed by atoms with Crippen molar-refractivity contribution in [3.05, 3.63) is 34.3 Å². The lowest BCUT2D eigenvalue weighted by Gasteiger charge is -2.25. The van der Waals surface area contributed by atoms with Crippen molar-refractivity contribution in [2.24, 2.45) is 0 Å². The molecule has 1 rings (SSSR count). The maximum atomic E-state index is 8.45. The molecular weight excluding hydrogens is 276 g/mol. The highest BCUT2D eigenvalue weighted by molar-refractivity contribution is 9.10. The number of hydrogen-bond acceptors (Lipinski definition) is 2. The van der Waals surface area contributed by atoms with E-state index in [1.165, 1.54) is 5.56 Å². The lowest BCUT2D eigenvalue weighted by atomic mass is 9.84. The van der Waals surface area contributed by atoms with E-state index in [1.807, 2.05) is 0 Å². The van der Waals surface area contributed by atoms with Crippen LogP contribution in [0.3, 0.4) is 0 Å². The Morgan fingerprint density at radius 2 is 1.94 bits per heavy atom. The number of nitrogens with zero attached hydrogens (tertiary/aromatic N) is 1. The maximum Gasteiger partial charge on any atom is 0.0622 e. The molecule has 2 nitrogen and oxygen atoms in total. The van der Waals surface area contributed by atoms with E-state index in [-0.39, 0.29) is 5.41 Å². The Morgan fingerprint density at radius 3 is 2.53 bits per heavy atom. The normalized spacial score (nSPS) is 11.2. The van der Waals surface area contributed by atoms with Gasteiger partial charge in [0.25, 0.3) is 0 Å². The molecule has 0 radical (unpaired) electrons. The second kappa shape index (κ2) is 6.78. The first kappa shape index (κ1) is 14.2. The van der Waals surface area contributed by atoms with Crippen LogP contribution in [0.25, 0.3) is 0 Å². The van der Waals surface area contributed by atoms with Gasteiger partial charge in [-0.25, -0.2) is 0 Å². The van der Waals surface area contributed by atoms with Crippen LogP contribution in [0, 0.1) is 11.3 Å². The summed E-state index contributed by atoms with van der Waals surface area (Å²) in [5.74, 6) is 0. The minimum Gasteiger partial charge on any atom is -0.316 e. The molecule has 1 N–H and O–H groups in total. The van der Waals surface area contributed by atoms with Gasteiger partial charge in [0, 0.05) is 22.9 Å². The van der Waals surface area contributed by atoms with Crippen molar-refractivity contribution in [3.8, 4) is 6.07 Å². The zero-order chi connectivity index (χ0) is 12.7. The fraction of sp³-hybridized carbons (Fsp3) is 0.500. The molecule has 0 aromatic heterocycles. The maximum absolute atomic E-state index is 8.45. The Labute approximate surface area is 112 Å². The van der Waals surface area contributed by atoms with Crippen LogP contribution in [0.1, 0.15) is 32.3 Å². The van der Waals surface area contributed by atoms with Crippen molar-refractivity contribution < 1.29 is 0 Å². The standard InChI is InChI=1S/C14H19BrN2/c1-14(2,11-17-10-4-3-9-16)12-5-7-13(15)8-6-12/h5-8,17H,3-4,10-11H2,1-2H3. The van der Waals surface area contributed by atoms with E-state index >= 15 is 0 Å². The van der Waals surface area contributed by atoms with E-state index in [4.69, 9.17) is 5.26 Å². The topological polar surface area (TPSA) is 35.8 Å². The molecule has 0 saturated carbocycles. The van der Waals surface area contributed by atoms with E-state index in [0.717, 1.165) is 24.0 Å². The lowest BCUT2D eigenvalue weighted by molar-refractivity contribution is 0.467. The molecule has 1 aromatic carbocycles. The van der Waals surface area contributed by atoms with Gasteiger partial charge in [-0.1, -0.05) is 41.9 Å². The Balaban J connectivity index is 2.45. The lowest BCUT2D eigenvalue weighted by Crippen LogP contribution is -2.33. The molecule has 0 aliphatic carbocycles. The summed E-state index contributed by atoms with van der Waals surface area (Å²) in [5, 5.41) is 11.9. The van der Waals surface area contributed by atoms with Crippen LogP contribution in [0.4, 0.5) is 0 Å². The second-order valence-corrected chi connectivity index (χ2v) is 5.74. The van der Waals surface area contributed by atoms with Crippen molar-refractivity contribution in [2.75, 3.05) is 13.1 Å². The monoisotopic (exact) mass is 294 g/mol. The fourth-order valence-corrected chi connectivity index (χ4v) is 1.96. The fourth-order valence-electron chi connectivity index (χ4n) is 1.70.